The van der Waals surface area contributed by atoms with Crippen LogP contribution in [0.4, 0.5) is 17.3 Å². The second kappa shape index (κ2) is 15.2. The van der Waals surface area contributed by atoms with E-state index in [1.165, 1.54) is 26.4 Å². The van der Waals surface area contributed by atoms with Gasteiger partial charge in [-0.1, -0.05) is 66.7 Å². The maximum atomic E-state index is 14.4. The molecule has 0 aliphatic rings. The van der Waals surface area contributed by atoms with Crippen molar-refractivity contribution in [3.8, 4) is 22.6 Å². The average molecular weight is 699 g/mol. The number of ether oxygens (including phenoxy) is 2. The second-order valence-corrected chi connectivity index (χ2v) is 11.7. The Bertz CT molecular complexity index is 2130. The van der Waals surface area contributed by atoms with E-state index in [0.717, 1.165) is 16.7 Å². The molecule has 5 aromatic rings. The van der Waals surface area contributed by atoms with Crippen molar-refractivity contribution in [1.29, 1.82) is 0 Å². The Balaban J connectivity index is 1.64. The highest BCUT2D eigenvalue weighted by atomic mass is 35.5. The zero-order chi connectivity index (χ0) is 35.2. The fourth-order valence-electron chi connectivity index (χ4n) is 5.34. The third-order valence-corrected chi connectivity index (χ3v) is 8.64. The Labute approximate surface area is 293 Å². The number of methoxy groups -OCH3 is 2. The highest BCUT2D eigenvalue weighted by molar-refractivity contribution is 6.41. The number of carbonyl (C=O) groups is 2. The molecule has 0 spiro atoms. The molecule has 0 aliphatic heterocycles. The molecule has 3 aromatic carbocycles. The second-order valence-electron chi connectivity index (χ2n) is 11.0. The summed E-state index contributed by atoms with van der Waals surface area (Å²) in [6.07, 6.45) is 4.68. The lowest BCUT2D eigenvalue weighted by Gasteiger charge is -2.18. The summed E-state index contributed by atoms with van der Waals surface area (Å²) in [4.78, 5) is 47.7. The van der Waals surface area contributed by atoms with Crippen molar-refractivity contribution >= 4 is 63.2 Å². The molecule has 5 rings (SSSR count). The van der Waals surface area contributed by atoms with Gasteiger partial charge in [0.2, 0.25) is 11.9 Å². The number of fused-ring (bicyclic) bond motifs is 1. The number of benzene rings is 3. The van der Waals surface area contributed by atoms with Gasteiger partial charge in [0.05, 0.1) is 29.8 Å². The molecule has 0 unspecified atom stereocenters. The smallest absolute Gasteiger partial charge is 0.260 e. The molecule has 49 heavy (non-hydrogen) atoms. The van der Waals surface area contributed by atoms with Gasteiger partial charge in [0.1, 0.15) is 17.1 Å². The Morgan fingerprint density at radius 3 is 2.31 bits per heavy atom. The van der Waals surface area contributed by atoms with Crippen molar-refractivity contribution in [3.63, 3.8) is 0 Å². The fraction of sp³-hybridized carbons (Fsp3) is 0.162. The van der Waals surface area contributed by atoms with Crippen molar-refractivity contribution in [2.75, 3.05) is 24.9 Å². The van der Waals surface area contributed by atoms with Crippen LogP contribution < -0.4 is 25.7 Å². The van der Waals surface area contributed by atoms with Gasteiger partial charge in [0.15, 0.2) is 5.78 Å². The molecule has 0 atom stereocenters. The summed E-state index contributed by atoms with van der Waals surface area (Å²) in [5.74, 6) is 0.358. The molecule has 2 N–H and O–H groups in total. The predicted molar refractivity (Wildman–Crippen MR) is 195 cm³/mol. The summed E-state index contributed by atoms with van der Waals surface area (Å²) < 4.78 is 12.5. The molecule has 2 heterocycles. The quantitative estimate of drug-likeness (QED) is 0.121. The summed E-state index contributed by atoms with van der Waals surface area (Å²) in [6, 6.07) is 16.1. The van der Waals surface area contributed by atoms with Gasteiger partial charge in [-0.25, -0.2) is 4.98 Å². The molecular weight excluding hydrogens is 665 g/mol. The number of halogens is 2. The van der Waals surface area contributed by atoms with Gasteiger partial charge in [0, 0.05) is 47.6 Å². The molecular formula is C37H33Cl2N5O5. The molecule has 0 saturated carbocycles. The standard InChI is InChI=1S/C37H33Cl2N5O5/c1-6-26(45)17-23-10-8-9-21(3)34(23)42-37-40-20-24-18-27(31-32(38)28(48-4)19-29(49-5)33(31)39)36(47)44(35(24)43-37)16-15-22-11-13-25(14-12-22)41-30(46)7-2/h6-14,18-20H,1-2,15-17H2,3-5H3,(H,41,46)(H,40,42,43). The maximum absolute atomic E-state index is 14.4. The zero-order valence-corrected chi connectivity index (χ0v) is 28.6. The van der Waals surface area contributed by atoms with Crippen molar-refractivity contribution in [3.05, 3.63) is 123 Å². The van der Waals surface area contributed by atoms with E-state index in [-0.39, 0.29) is 63.3 Å². The first-order chi connectivity index (χ1) is 23.6. The van der Waals surface area contributed by atoms with Crippen molar-refractivity contribution in [1.82, 2.24) is 14.5 Å². The lowest BCUT2D eigenvalue weighted by Crippen LogP contribution is -2.24. The van der Waals surface area contributed by atoms with Crippen LogP contribution in [0.15, 0.2) is 90.9 Å². The van der Waals surface area contributed by atoms with E-state index in [1.54, 1.807) is 35.0 Å². The number of carbonyl (C=O) groups excluding carboxylic acids is 2. The number of amides is 1. The molecule has 1 amide bonds. The van der Waals surface area contributed by atoms with Gasteiger partial charge in [-0.05, 0) is 60.4 Å². The number of nitrogens with one attached hydrogen (secondary N) is 2. The molecule has 0 fully saturated rings. The van der Waals surface area contributed by atoms with E-state index in [0.29, 0.717) is 28.8 Å². The van der Waals surface area contributed by atoms with Crippen LogP contribution in [0.5, 0.6) is 11.5 Å². The van der Waals surface area contributed by atoms with E-state index >= 15 is 0 Å². The number of anilines is 3. The molecule has 2 aromatic heterocycles. The molecule has 0 aliphatic carbocycles. The number of para-hydroxylation sites is 1. The zero-order valence-electron chi connectivity index (χ0n) is 27.1. The first kappa shape index (κ1) is 34.9. The first-order valence-corrected chi connectivity index (χ1v) is 15.9. The largest absolute Gasteiger partial charge is 0.495 e. The number of allylic oxidation sites excluding steroid dienone is 1. The van der Waals surface area contributed by atoms with Crippen LogP contribution in [0.2, 0.25) is 10.0 Å². The Morgan fingerprint density at radius 2 is 1.67 bits per heavy atom. The highest BCUT2D eigenvalue weighted by Crippen LogP contribution is 2.45. The topological polar surface area (TPSA) is 124 Å². The van der Waals surface area contributed by atoms with E-state index in [9.17, 15) is 14.4 Å². The minimum absolute atomic E-state index is 0.128. The first-order valence-electron chi connectivity index (χ1n) is 15.1. The Morgan fingerprint density at radius 1 is 0.980 bits per heavy atom. The normalized spacial score (nSPS) is 10.8. The number of pyridine rings is 1. The van der Waals surface area contributed by atoms with Crippen LogP contribution in [-0.4, -0.2) is 40.4 Å². The predicted octanol–water partition coefficient (Wildman–Crippen LogP) is 7.50. The molecule has 0 saturated heterocycles. The number of ketones is 1. The summed E-state index contributed by atoms with van der Waals surface area (Å²) in [5.41, 5.74) is 4.26. The monoisotopic (exact) mass is 697 g/mol. The van der Waals surface area contributed by atoms with E-state index in [4.69, 9.17) is 37.7 Å². The third kappa shape index (κ3) is 7.51. The minimum atomic E-state index is -0.403. The highest BCUT2D eigenvalue weighted by Gasteiger charge is 2.23. The SMILES string of the molecule is C=CC(=O)Cc1cccc(C)c1Nc1ncc2cc(-c3c(Cl)c(OC)cc(OC)c3Cl)c(=O)n(CCc3ccc(NC(=O)C=C)cc3)c2n1. The molecule has 10 nitrogen and oxygen atoms in total. The summed E-state index contributed by atoms with van der Waals surface area (Å²) in [5, 5.41) is 6.83. The minimum Gasteiger partial charge on any atom is -0.495 e. The third-order valence-electron chi connectivity index (χ3n) is 7.89. The molecule has 0 bridgehead atoms. The van der Waals surface area contributed by atoms with E-state index in [1.807, 2.05) is 37.3 Å². The van der Waals surface area contributed by atoms with Crippen LogP contribution in [-0.2, 0) is 29.0 Å². The number of nitrogens with zero attached hydrogens (tertiary/aromatic N) is 3. The van der Waals surface area contributed by atoms with Crippen LogP contribution in [0.1, 0.15) is 16.7 Å². The van der Waals surface area contributed by atoms with Crippen LogP contribution >= 0.6 is 23.2 Å². The number of hydrogen-bond donors (Lipinski definition) is 2. The summed E-state index contributed by atoms with van der Waals surface area (Å²) in [6.45, 7) is 9.19. The Kier molecular flexibility index (Phi) is 10.8. The number of aromatic nitrogens is 3. The van der Waals surface area contributed by atoms with Crippen molar-refractivity contribution in [2.45, 2.75) is 26.3 Å². The van der Waals surface area contributed by atoms with Crippen molar-refractivity contribution < 1.29 is 19.1 Å². The number of rotatable bonds is 13. The van der Waals surface area contributed by atoms with Crippen LogP contribution in [0.25, 0.3) is 22.2 Å². The molecule has 0 radical (unpaired) electrons. The van der Waals surface area contributed by atoms with Gasteiger partial charge in [-0.15, -0.1) is 0 Å². The number of aryl methyl sites for hydroxylation is 3. The van der Waals surface area contributed by atoms with Gasteiger partial charge in [-0.2, -0.15) is 4.98 Å². The van der Waals surface area contributed by atoms with Gasteiger partial charge in [-0.3, -0.25) is 19.0 Å². The van der Waals surface area contributed by atoms with Crippen LogP contribution in [0, 0.1) is 6.92 Å². The van der Waals surface area contributed by atoms with Gasteiger partial charge < -0.3 is 20.1 Å². The van der Waals surface area contributed by atoms with E-state index < -0.39 is 5.56 Å². The van der Waals surface area contributed by atoms with Gasteiger partial charge >= 0.3 is 0 Å². The lowest BCUT2D eigenvalue weighted by atomic mass is 10.0. The van der Waals surface area contributed by atoms with E-state index in [2.05, 4.69) is 28.8 Å². The number of hydrogen-bond acceptors (Lipinski definition) is 8. The summed E-state index contributed by atoms with van der Waals surface area (Å²) >= 11 is 13.5. The maximum Gasteiger partial charge on any atom is 0.260 e. The van der Waals surface area contributed by atoms with Gasteiger partial charge in [0.25, 0.3) is 5.56 Å². The Hall–Kier alpha value is -5.45. The van der Waals surface area contributed by atoms with Crippen LogP contribution in [0.3, 0.4) is 0 Å². The molecule has 12 heteroatoms. The molecule has 250 valence electrons. The average Bonchev–Trinajstić information content (AvgIpc) is 3.10. The fourth-order valence-corrected chi connectivity index (χ4v) is 6.05. The lowest BCUT2D eigenvalue weighted by molar-refractivity contribution is -0.114. The van der Waals surface area contributed by atoms with Crippen molar-refractivity contribution in [2.24, 2.45) is 0 Å². The summed E-state index contributed by atoms with van der Waals surface area (Å²) in [7, 11) is 2.92.